The lowest BCUT2D eigenvalue weighted by atomic mass is 9.98. The molecule has 0 bridgehead atoms. The Kier molecular flexibility index (Phi) is 7.02. The zero-order valence-electron chi connectivity index (χ0n) is 16.9. The first kappa shape index (κ1) is 20.7. The molecule has 1 aliphatic heterocycles. The number of hydrogen-bond acceptors (Lipinski definition) is 5. The first-order chi connectivity index (χ1) is 13.5. The van der Waals surface area contributed by atoms with E-state index >= 15 is 0 Å². The number of para-hydroxylation sites is 1. The Bertz CT molecular complexity index is 789. The number of hydrogen-bond donors (Lipinski definition) is 2. The first-order valence-electron chi connectivity index (χ1n) is 10.1. The summed E-state index contributed by atoms with van der Waals surface area (Å²) in [7, 11) is 1.36. The van der Waals surface area contributed by atoms with Gasteiger partial charge in [0, 0.05) is 0 Å². The van der Waals surface area contributed by atoms with Crippen LogP contribution < -0.4 is 10.2 Å². The minimum absolute atomic E-state index is 0.0447. The second-order valence-electron chi connectivity index (χ2n) is 7.69. The van der Waals surface area contributed by atoms with Gasteiger partial charge in [0.05, 0.1) is 36.3 Å². The fourth-order valence-electron chi connectivity index (χ4n) is 3.83. The number of rotatable bonds is 7. The van der Waals surface area contributed by atoms with Crippen molar-refractivity contribution in [3.05, 3.63) is 29.3 Å². The van der Waals surface area contributed by atoms with Crippen molar-refractivity contribution < 1.29 is 19.2 Å². The smallest absolute Gasteiger partial charge is 0.328 e. The number of fused-ring (bicyclic) bond motifs is 1. The molecule has 0 radical (unpaired) electrons. The van der Waals surface area contributed by atoms with Gasteiger partial charge < -0.3 is 15.0 Å². The number of carbonyl (C=O) groups is 2. The predicted molar refractivity (Wildman–Crippen MR) is 111 cm³/mol. The molecule has 2 heterocycles. The second-order valence-corrected chi connectivity index (χ2v) is 8.76. The third-order valence-electron chi connectivity index (χ3n) is 5.67. The number of nitrogens with one attached hydrogen (secondary N) is 2. The lowest BCUT2D eigenvalue weighted by Gasteiger charge is -2.29. The number of aromatic nitrogens is 1. The lowest BCUT2D eigenvalue weighted by molar-refractivity contribution is -0.898. The maximum Gasteiger partial charge on any atom is 0.328 e. The van der Waals surface area contributed by atoms with Gasteiger partial charge in [-0.1, -0.05) is 32.4 Å². The number of likely N-dealkylation sites (tertiary alicyclic amines) is 1. The second kappa shape index (κ2) is 9.47. The topological polar surface area (TPSA) is 72.7 Å². The minimum Gasteiger partial charge on any atom is -0.467 e. The van der Waals surface area contributed by atoms with E-state index in [0.29, 0.717) is 12.5 Å². The van der Waals surface area contributed by atoms with Crippen molar-refractivity contribution >= 4 is 33.4 Å². The van der Waals surface area contributed by atoms with Gasteiger partial charge in [-0.05, 0) is 30.9 Å². The van der Waals surface area contributed by atoms with Crippen LogP contribution in [0.2, 0.25) is 0 Å². The molecular weight excluding hydrogens is 374 g/mol. The molecule has 7 heteroatoms. The number of amides is 1. The number of quaternary nitrogens is 1. The molecule has 152 valence electrons. The fraction of sp³-hybridized carbons (Fsp3) is 0.571. The highest BCUT2D eigenvalue weighted by atomic mass is 32.1. The first-order valence-corrected chi connectivity index (χ1v) is 10.9. The highest BCUT2D eigenvalue weighted by molar-refractivity contribution is 7.18. The predicted octanol–water partition coefficient (Wildman–Crippen LogP) is 1.76. The van der Waals surface area contributed by atoms with Gasteiger partial charge in [0.1, 0.15) is 11.0 Å². The molecule has 0 saturated carbocycles. The average molecular weight is 405 g/mol. The maximum absolute atomic E-state index is 12.6. The number of piperidine rings is 1. The van der Waals surface area contributed by atoms with Crippen LogP contribution in [-0.4, -0.2) is 49.6 Å². The molecular formula is C21H30N3O3S+. The highest BCUT2D eigenvalue weighted by Crippen LogP contribution is 2.30. The molecule has 2 N–H and O–H groups in total. The van der Waals surface area contributed by atoms with E-state index in [1.807, 2.05) is 26.0 Å². The summed E-state index contributed by atoms with van der Waals surface area (Å²) in [5.74, 6) is -0.0254. The van der Waals surface area contributed by atoms with Crippen molar-refractivity contribution in [3.63, 3.8) is 0 Å². The van der Waals surface area contributed by atoms with Crippen LogP contribution in [-0.2, 0) is 14.3 Å². The summed E-state index contributed by atoms with van der Waals surface area (Å²) in [4.78, 5) is 30.7. The normalized spacial score (nSPS) is 21.8. The van der Waals surface area contributed by atoms with E-state index in [4.69, 9.17) is 9.72 Å². The van der Waals surface area contributed by atoms with Crippen LogP contribution in [0, 0.1) is 5.92 Å². The van der Waals surface area contributed by atoms with Gasteiger partial charge in [-0.15, -0.1) is 11.3 Å². The maximum atomic E-state index is 12.6. The molecule has 1 amide bonds. The van der Waals surface area contributed by atoms with Gasteiger partial charge in [-0.25, -0.2) is 9.78 Å². The van der Waals surface area contributed by atoms with Crippen LogP contribution in [0.25, 0.3) is 10.2 Å². The zero-order valence-corrected chi connectivity index (χ0v) is 17.7. The van der Waals surface area contributed by atoms with E-state index in [1.165, 1.54) is 21.7 Å². The number of ether oxygens (including phenoxy) is 1. The van der Waals surface area contributed by atoms with E-state index in [-0.39, 0.29) is 17.8 Å². The summed E-state index contributed by atoms with van der Waals surface area (Å²) in [6.07, 6.45) is 2.99. The van der Waals surface area contributed by atoms with Crippen LogP contribution in [0.4, 0.5) is 0 Å². The average Bonchev–Trinajstić information content (AvgIpc) is 3.15. The number of thiazole rings is 1. The molecule has 1 aliphatic rings. The molecule has 0 spiro atoms. The molecule has 4 atom stereocenters. The van der Waals surface area contributed by atoms with E-state index in [1.54, 1.807) is 11.3 Å². The molecule has 1 unspecified atom stereocenters. The van der Waals surface area contributed by atoms with E-state index in [0.717, 1.165) is 37.9 Å². The van der Waals surface area contributed by atoms with Gasteiger partial charge in [-0.3, -0.25) is 4.79 Å². The summed E-state index contributed by atoms with van der Waals surface area (Å²) in [5, 5.41) is 4.07. The molecule has 2 aromatic rings. The van der Waals surface area contributed by atoms with Crippen molar-refractivity contribution in [2.75, 3.05) is 26.7 Å². The molecule has 0 aliphatic carbocycles. The third kappa shape index (κ3) is 4.89. The van der Waals surface area contributed by atoms with E-state index < -0.39 is 6.04 Å². The number of methoxy groups -OCH3 is 1. The van der Waals surface area contributed by atoms with Gasteiger partial charge in [0.15, 0.2) is 6.54 Å². The van der Waals surface area contributed by atoms with Crippen LogP contribution in [0.3, 0.4) is 0 Å². The standard InChI is InChI=1S/C21H29N3O3S/c1-4-14(2)19(21(26)27-3)23-18(25)13-24-11-7-8-15(12-24)20-22-16-9-5-6-10-17(16)28-20/h5-6,9-10,14-15,19H,4,7-8,11-13H2,1-3H3,(H,23,25)/p+1/t14-,15+,19+/m1/s1. The van der Waals surface area contributed by atoms with E-state index in [9.17, 15) is 9.59 Å². The Hall–Kier alpha value is -1.99. The fourth-order valence-corrected chi connectivity index (χ4v) is 4.94. The van der Waals surface area contributed by atoms with Gasteiger partial charge in [0.2, 0.25) is 0 Å². The van der Waals surface area contributed by atoms with Crippen LogP contribution in [0.5, 0.6) is 0 Å². The zero-order chi connectivity index (χ0) is 20.1. The molecule has 1 aromatic heterocycles. The molecule has 1 aromatic carbocycles. The monoisotopic (exact) mass is 404 g/mol. The number of carbonyl (C=O) groups excluding carboxylic acids is 2. The quantitative estimate of drug-likeness (QED) is 0.690. The summed E-state index contributed by atoms with van der Waals surface area (Å²) >= 11 is 1.76. The van der Waals surface area contributed by atoms with Crippen LogP contribution in [0.15, 0.2) is 24.3 Å². The van der Waals surface area contributed by atoms with Crippen molar-refractivity contribution in [1.29, 1.82) is 0 Å². The number of nitrogens with zero attached hydrogens (tertiary/aromatic N) is 1. The summed E-state index contributed by atoms with van der Waals surface area (Å²) in [6, 6.07) is 7.65. The Balaban J connectivity index is 1.60. The highest BCUT2D eigenvalue weighted by Gasteiger charge is 2.31. The van der Waals surface area contributed by atoms with Crippen LogP contribution >= 0.6 is 11.3 Å². The minimum atomic E-state index is -0.577. The van der Waals surface area contributed by atoms with Crippen molar-refractivity contribution in [1.82, 2.24) is 10.3 Å². The van der Waals surface area contributed by atoms with Crippen molar-refractivity contribution in [2.45, 2.75) is 45.1 Å². The lowest BCUT2D eigenvalue weighted by Crippen LogP contribution is -3.14. The molecule has 28 heavy (non-hydrogen) atoms. The molecule has 3 rings (SSSR count). The summed E-state index contributed by atoms with van der Waals surface area (Å²) < 4.78 is 6.08. The van der Waals surface area contributed by atoms with Gasteiger partial charge in [-0.2, -0.15) is 0 Å². The molecule has 1 fully saturated rings. The van der Waals surface area contributed by atoms with Crippen LogP contribution in [0.1, 0.15) is 44.0 Å². The molecule has 1 saturated heterocycles. The van der Waals surface area contributed by atoms with Crippen molar-refractivity contribution in [2.24, 2.45) is 5.92 Å². The third-order valence-corrected chi connectivity index (χ3v) is 6.87. The number of benzene rings is 1. The van der Waals surface area contributed by atoms with Gasteiger partial charge >= 0.3 is 5.97 Å². The van der Waals surface area contributed by atoms with E-state index in [2.05, 4.69) is 17.4 Å². The largest absolute Gasteiger partial charge is 0.467 e. The Morgan fingerprint density at radius 3 is 2.89 bits per heavy atom. The molecule has 6 nitrogen and oxygen atoms in total. The Morgan fingerprint density at radius 2 is 2.18 bits per heavy atom. The van der Waals surface area contributed by atoms with Gasteiger partial charge in [0.25, 0.3) is 5.91 Å². The number of esters is 1. The Labute approximate surface area is 170 Å². The van der Waals surface area contributed by atoms with Crippen molar-refractivity contribution in [3.8, 4) is 0 Å². The summed E-state index contributed by atoms with van der Waals surface area (Å²) in [6.45, 7) is 6.22. The summed E-state index contributed by atoms with van der Waals surface area (Å²) in [5.41, 5.74) is 1.06. The SMILES string of the molecule is CC[C@@H](C)[C@H](NC(=O)C[NH+]1CCC[C@H](c2nc3ccccc3s2)C1)C(=O)OC. The Morgan fingerprint density at radius 1 is 1.39 bits per heavy atom.